The standard InChI is InChI=1S/C17H25FN4O2/c1-3-13(2)19-16(23)12-21-8-10-22(11-9-21)17(24)20-15-7-5-4-6-14(15)18/h4-7,13H,3,8-12H2,1-2H3,(H,19,23)(H,20,24). The van der Waals surface area contributed by atoms with Crippen LogP contribution in [0.3, 0.4) is 0 Å². The Labute approximate surface area is 142 Å². The van der Waals surface area contributed by atoms with Crippen LogP contribution >= 0.6 is 0 Å². The number of benzene rings is 1. The number of nitrogens with one attached hydrogen (secondary N) is 2. The molecular formula is C17H25FN4O2. The van der Waals surface area contributed by atoms with E-state index in [0.717, 1.165) is 6.42 Å². The Hall–Kier alpha value is -2.15. The Bertz CT molecular complexity index is 573. The van der Waals surface area contributed by atoms with E-state index >= 15 is 0 Å². The van der Waals surface area contributed by atoms with Crippen molar-refractivity contribution in [2.45, 2.75) is 26.3 Å². The molecule has 1 heterocycles. The summed E-state index contributed by atoms with van der Waals surface area (Å²) in [6.07, 6.45) is 0.899. The highest BCUT2D eigenvalue weighted by Gasteiger charge is 2.23. The van der Waals surface area contributed by atoms with Crippen molar-refractivity contribution in [2.24, 2.45) is 0 Å². The zero-order valence-corrected chi connectivity index (χ0v) is 14.2. The Morgan fingerprint density at radius 3 is 2.50 bits per heavy atom. The number of nitrogens with zero attached hydrogens (tertiary/aromatic N) is 2. The molecule has 1 saturated heterocycles. The van der Waals surface area contributed by atoms with Gasteiger partial charge in [-0.15, -0.1) is 0 Å². The first-order chi connectivity index (χ1) is 11.5. The highest BCUT2D eigenvalue weighted by Crippen LogP contribution is 2.13. The van der Waals surface area contributed by atoms with Crippen molar-refractivity contribution in [3.63, 3.8) is 0 Å². The van der Waals surface area contributed by atoms with Crippen LogP contribution in [0.5, 0.6) is 0 Å². The number of carbonyl (C=O) groups is 2. The fourth-order valence-corrected chi connectivity index (χ4v) is 2.49. The summed E-state index contributed by atoms with van der Waals surface area (Å²) in [6, 6.07) is 5.95. The average Bonchev–Trinajstić information content (AvgIpc) is 2.57. The summed E-state index contributed by atoms with van der Waals surface area (Å²) in [7, 11) is 0. The SMILES string of the molecule is CCC(C)NC(=O)CN1CCN(C(=O)Nc2ccccc2F)CC1. The van der Waals surface area contributed by atoms with Gasteiger partial charge in [0.2, 0.25) is 5.91 Å². The molecule has 132 valence electrons. The van der Waals surface area contributed by atoms with Gasteiger partial charge in [-0.3, -0.25) is 9.69 Å². The third kappa shape index (κ3) is 5.19. The number of urea groups is 1. The summed E-state index contributed by atoms with van der Waals surface area (Å²) in [5, 5.41) is 5.52. The summed E-state index contributed by atoms with van der Waals surface area (Å²) >= 11 is 0. The first kappa shape index (κ1) is 18.2. The van der Waals surface area contributed by atoms with Crippen molar-refractivity contribution in [3.05, 3.63) is 30.1 Å². The van der Waals surface area contributed by atoms with E-state index in [1.165, 1.54) is 12.1 Å². The molecule has 0 saturated carbocycles. The summed E-state index contributed by atoms with van der Waals surface area (Å²) in [5.74, 6) is -0.445. The molecule has 3 amide bonds. The van der Waals surface area contributed by atoms with Crippen LogP contribution in [0.25, 0.3) is 0 Å². The first-order valence-corrected chi connectivity index (χ1v) is 8.31. The van der Waals surface area contributed by atoms with Crippen LogP contribution < -0.4 is 10.6 Å². The van der Waals surface area contributed by atoms with Gasteiger partial charge in [0.1, 0.15) is 5.82 Å². The van der Waals surface area contributed by atoms with Crippen LogP contribution in [-0.4, -0.2) is 60.5 Å². The third-order valence-corrected chi connectivity index (χ3v) is 4.16. The molecule has 2 N–H and O–H groups in total. The number of piperazine rings is 1. The summed E-state index contributed by atoms with van der Waals surface area (Å²) in [5.41, 5.74) is 0.179. The number of rotatable bonds is 5. The molecule has 1 aromatic rings. The molecule has 7 heteroatoms. The fraction of sp³-hybridized carbons (Fsp3) is 0.529. The van der Waals surface area contributed by atoms with Gasteiger partial charge in [-0.2, -0.15) is 0 Å². The van der Waals surface area contributed by atoms with E-state index in [1.54, 1.807) is 17.0 Å². The van der Waals surface area contributed by atoms with Crippen LogP contribution in [0.1, 0.15) is 20.3 Å². The number of carbonyl (C=O) groups excluding carboxylic acids is 2. The number of anilines is 1. The topological polar surface area (TPSA) is 64.7 Å². The van der Waals surface area contributed by atoms with E-state index in [-0.39, 0.29) is 23.7 Å². The molecule has 1 unspecified atom stereocenters. The van der Waals surface area contributed by atoms with Crippen molar-refractivity contribution in [3.8, 4) is 0 Å². The molecule has 0 aliphatic carbocycles. The minimum Gasteiger partial charge on any atom is -0.353 e. The molecule has 0 spiro atoms. The Kier molecular flexibility index (Phi) is 6.54. The predicted octanol–water partition coefficient (Wildman–Crippen LogP) is 1.89. The highest BCUT2D eigenvalue weighted by molar-refractivity contribution is 5.89. The van der Waals surface area contributed by atoms with E-state index < -0.39 is 5.82 Å². The second kappa shape index (κ2) is 8.63. The number of para-hydroxylation sites is 1. The maximum absolute atomic E-state index is 13.6. The van der Waals surface area contributed by atoms with Gasteiger partial charge in [0.25, 0.3) is 0 Å². The molecule has 24 heavy (non-hydrogen) atoms. The van der Waals surface area contributed by atoms with Crippen LogP contribution in [0.4, 0.5) is 14.9 Å². The second-order valence-electron chi connectivity index (χ2n) is 6.05. The molecule has 0 bridgehead atoms. The normalized spacial score (nSPS) is 16.5. The smallest absolute Gasteiger partial charge is 0.322 e. The molecule has 1 aromatic carbocycles. The number of amides is 3. The fourth-order valence-electron chi connectivity index (χ4n) is 2.49. The van der Waals surface area contributed by atoms with E-state index in [1.807, 2.05) is 18.7 Å². The van der Waals surface area contributed by atoms with Gasteiger partial charge in [0, 0.05) is 32.2 Å². The molecule has 0 radical (unpaired) electrons. The molecule has 0 aromatic heterocycles. The number of hydrogen-bond donors (Lipinski definition) is 2. The van der Waals surface area contributed by atoms with Crippen LogP contribution in [0, 0.1) is 5.82 Å². The van der Waals surface area contributed by atoms with Crippen molar-refractivity contribution < 1.29 is 14.0 Å². The number of halogens is 1. The lowest BCUT2D eigenvalue weighted by molar-refractivity contribution is -0.123. The van der Waals surface area contributed by atoms with Gasteiger partial charge in [0.05, 0.1) is 12.2 Å². The lowest BCUT2D eigenvalue weighted by Gasteiger charge is -2.34. The highest BCUT2D eigenvalue weighted by atomic mass is 19.1. The van der Waals surface area contributed by atoms with Gasteiger partial charge >= 0.3 is 6.03 Å². The van der Waals surface area contributed by atoms with Gasteiger partial charge in [0.15, 0.2) is 0 Å². The molecule has 1 aliphatic heterocycles. The van der Waals surface area contributed by atoms with E-state index in [2.05, 4.69) is 10.6 Å². The van der Waals surface area contributed by atoms with Crippen LogP contribution in [-0.2, 0) is 4.79 Å². The van der Waals surface area contributed by atoms with Gasteiger partial charge in [-0.1, -0.05) is 19.1 Å². The molecule has 1 fully saturated rings. The van der Waals surface area contributed by atoms with E-state index in [0.29, 0.717) is 32.7 Å². The third-order valence-electron chi connectivity index (χ3n) is 4.16. The zero-order valence-electron chi connectivity index (χ0n) is 14.2. The molecule has 2 rings (SSSR count). The Morgan fingerprint density at radius 2 is 1.88 bits per heavy atom. The molecule has 1 atom stereocenters. The summed E-state index contributed by atoms with van der Waals surface area (Å²) in [4.78, 5) is 27.7. The second-order valence-corrected chi connectivity index (χ2v) is 6.05. The van der Waals surface area contributed by atoms with E-state index in [4.69, 9.17) is 0 Å². The van der Waals surface area contributed by atoms with Gasteiger partial charge in [-0.05, 0) is 25.5 Å². The average molecular weight is 336 g/mol. The van der Waals surface area contributed by atoms with Gasteiger partial charge < -0.3 is 15.5 Å². The van der Waals surface area contributed by atoms with E-state index in [9.17, 15) is 14.0 Å². The molecule has 6 nitrogen and oxygen atoms in total. The first-order valence-electron chi connectivity index (χ1n) is 8.31. The lowest BCUT2D eigenvalue weighted by Crippen LogP contribution is -2.52. The Morgan fingerprint density at radius 1 is 1.21 bits per heavy atom. The minimum absolute atomic E-state index is 0.00797. The number of hydrogen-bond acceptors (Lipinski definition) is 3. The maximum atomic E-state index is 13.6. The maximum Gasteiger partial charge on any atom is 0.322 e. The van der Waals surface area contributed by atoms with Crippen molar-refractivity contribution in [2.75, 3.05) is 38.0 Å². The van der Waals surface area contributed by atoms with Crippen molar-refractivity contribution >= 4 is 17.6 Å². The Balaban J connectivity index is 1.77. The summed E-state index contributed by atoms with van der Waals surface area (Å²) < 4.78 is 13.6. The van der Waals surface area contributed by atoms with Crippen LogP contribution in [0.2, 0.25) is 0 Å². The zero-order chi connectivity index (χ0) is 17.5. The monoisotopic (exact) mass is 336 g/mol. The molecular weight excluding hydrogens is 311 g/mol. The van der Waals surface area contributed by atoms with Crippen LogP contribution in [0.15, 0.2) is 24.3 Å². The quantitative estimate of drug-likeness (QED) is 0.863. The largest absolute Gasteiger partial charge is 0.353 e. The lowest BCUT2D eigenvalue weighted by atomic mass is 10.2. The predicted molar refractivity (Wildman–Crippen MR) is 91.3 cm³/mol. The van der Waals surface area contributed by atoms with Crippen molar-refractivity contribution in [1.82, 2.24) is 15.1 Å². The van der Waals surface area contributed by atoms with Gasteiger partial charge in [-0.25, -0.2) is 9.18 Å². The summed E-state index contributed by atoms with van der Waals surface area (Å²) in [6.45, 7) is 6.61. The van der Waals surface area contributed by atoms with Crippen molar-refractivity contribution in [1.29, 1.82) is 0 Å². The molecule has 1 aliphatic rings. The minimum atomic E-state index is -0.453.